The highest BCUT2D eigenvalue weighted by molar-refractivity contribution is 7.47. The van der Waals surface area contributed by atoms with Gasteiger partial charge in [-0.1, -0.05) is 270 Å². The Hall–Kier alpha value is -3.59. The molecule has 2 unspecified atom stereocenters. The summed E-state index contributed by atoms with van der Waals surface area (Å²) >= 11 is 0. The smallest absolute Gasteiger partial charge is 0.462 e. The molecule has 0 radical (unpaired) electrons. The normalized spacial score (nSPS) is 13.8. The fourth-order valence-corrected chi connectivity index (χ4v) is 9.39. The van der Waals surface area contributed by atoms with E-state index >= 15 is 0 Å². The first-order valence-corrected chi connectivity index (χ1v) is 33.5. The third-order valence-corrected chi connectivity index (χ3v) is 14.3. The van der Waals surface area contributed by atoms with Crippen molar-refractivity contribution in [2.45, 2.75) is 277 Å². The zero-order valence-electron chi connectivity index (χ0n) is 50.6. The molecule has 0 heterocycles. The van der Waals surface area contributed by atoms with Crippen LogP contribution < -0.4 is 5.73 Å². The Morgan fingerprint density at radius 3 is 1.04 bits per heavy atom. The zero-order valence-corrected chi connectivity index (χ0v) is 51.5. The Kier molecular flexibility index (Phi) is 60.7. The summed E-state index contributed by atoms with van der Waals surface area (Å²) in [5.41, 5.74) is 5.39. The summed E-state index contributed by atoms with van der Waals surface area (Å²) in [6.45, 7) is 3.62. The molecule has 452 valence electrons. The van der Waals surface area contributed by atoms with E-state index < -0.39 is 26.5 Å². The Morgan fingerprint density at radius 2 is 0.696 bits per heavy atom. The van der Waals surface area contributed by atoms with Crippen LogP contribution in [0.2, 0.25) is 0 Å². The molecule has 10 heteroatoms. The summed E-state index contributed by atoms with van der Waals surface area (Å²) in [6, 6.07) is 0. The first kappa shape index (κ1) is 75.4. The summed E-state index contributed by atoms with van der Waals surface area (Å²) in [5.74, 6) is -0.837. The van der Waals surface area contributed by atoms with Crippen LogP contribution in [0, 0.1) is 0 Å². The summed E-state index contributed by atoms with van der Waals surface area (Å²) < 4.78 is 33.1. The number of carbonyl (C=O) groups excluding carboxylic acids is 2. The molecule has 79 heavy (non-hydrogen) atoms. The van der Waals surface area contributed by atoms with Gasteiger partial charge in [-0.05, 0) is 109 Å². The maximum absolute atomic E-state index is 12.7. The van der Waals surface area contributed by atoms with Gasteiger partial charge in [-0.25, -0.2) is 4.57 Å². The van der Waals surface area contributed by atoms with Crippen molar-refractivity contribution in [3.63, 3.8) is 0 Å². The van der Waals surface area contributed by atoms with E-state index in [9.17, 15) is 19.0 Å². The van der Waals surface area contributed by atoms with Crippen molar-refractivity contribution >= 4 is 19.8 Å². The maximum atomic E-state index is 12.7. The number of nitrogens with two attached hydrogens (primary N) is 1. The summed E-state index contributed by atoms with van der Waals surface area (Å²) in [4.78, 5) is 35.3. The van der Waals surface area contributed by atoms with E-state index in [0.29, 0.717) is 6.42 Å². The number of ether oxygens (including phenoxy) is 2. The topological polar surface area (TPSA) is 134 Å². The highest BCUT2D eigenvalue weighted by atomic mass is 31.2. The third kappa shape index (κ3) is 63.5. The molecule has 3 N–H and O–H groups in total. The lowest BCUT2D eigenvalue weighted by Crippen LogP contribution is -2.29. The predicted molar refractivity (Wildman–Crippen MR) is 339 cm³/mol. The summed E-state index contributed by atoms with van der Waals surface area (Å²) in [7, 11) is -4.40. The molecule has 0 saturated heterocycles. The SMILES string of the molecule is CC/C=C\C/C=C\C/C=C\C/C=C\C/C=C\C/C=C\C/C=C\CCCCCCCCCCCCCC(=O)OC(COC(=O)CCCCCCCCCCCC/C=C\C/C=C\C/C=C\CCCCCCC)COP(=O)(O)OCCN. The number of hydrogen-bond donors (Lipinski definition) is 2. The van der Waals surface area contributed by atoms with Crippen LogP contribution in [0.25, 0.3) is 0 Å². The summed E-state index contributed by atoms with van der Waals surface area (Å²) in [5, 5.41) is 0. The first-order chi connectivity index (χ1) is 38.8. The minimum absolute atomic E-state index is 0.0471. The predicted octanol–water partition coefficient (Wildman–Crippen LogP) is 20.7. The fraction of sp³-hybridized carbons (Fsp3) is 0.681. The van der Waals surface area contributed by atoms with Crippen molar-refractivity contribution in [2.24, 2.45) is 5.73 Å². The lowest BCUT2D eigenvalue weighted by Gasteiger charge is -2.19. The highest BCUT2D eigenvalue weighted by Crippen LogP contribution is 2.43. The van der Waals surface area contributed by atoms with Crippen molar-refractivity contribution in [1.82, 2.24) is 0 Å². The van der Waals surface area contributed by atoms with Crippen LogP contribution in [0.15, 0.2) is 122 Å². The van der Waals surface area contributed by atoms with Crippen molar-refractivity contribution in [3.05, 3.63) is 122 Å². The lowest BCUT2D eigenvalue weighted by atomic mass is 10.0. The van der Waals surface area contributed by atoms with Crippen LogP contribution >= 0.6 is 7.82 Å². The first-order valence-electron chi connectivity index (χ1n) is 32.0. The highest BCUT2D eigenvalue weighted by Gasteiger charge is 2.26. The standard InChI is InChI=1S/C69H118NO8P/c1-3-5-7-9-11-13-15-17-19-21-23-25-27-29-30-31-32-33-34-35-36-38-40-42-44-46-48-50-52-54-56-58-60-62-69(72)78-67(66-77-79(73,74)76-64-63-70)65-75-68(71)61-59-57-55-53-51-49-47-45-43-41-39-37-28-26-24-22-20-18-16-14-12-10-8-6-4-2/h5,7,11,13,16-19,22-25,28-30,32-33,35-37,67H,3-4,6,8-10,12,14-15,20-21,26-27,31,34,38-66,70H2,1-2H3,(H,73,74)/b7-5-,13-11-,18-16-,19-17-,24-22-,25-23-,30-29-,33-32-,36-35-,37-28-. The molecule has 0 saturated carbocycles. The Labute approximate surface area is 485 Å². The second-order valence-electron chi connectivity index (χ2n) is 20.9. The van der Waals surface area contributed by atoms with Gasteiger partial charge in [0.2, 0.25) is 0 Å². The number of allylic oxidation sites excluding steroid dienone is 20. The Morgan fingerprint density at radius 1 is 0.392 bits per heavy atom. The van der Waals surface area contributed by atoms with Crippen molar-refractivity contribution in [2.75, 3.05) is 26.4 Å². The van der Waals surface area contributed by atoms with Gasteiger partial charge in [0.15, 0.2) is 6.10 Å². The number of hydrogen-bond acceptors (Lipinski definition) is 8. The van der Waals surface area contributed by atoms with Crippen LogP contribution in [0.4, 0.5) is 0 Å². The maximum Gasteiger partial charge on any atom is 0.472 e. The third-order valence-electron chi connectivity index (χ3n) is 13.3. The monoisotopic (exact) mass is 1120 g/mol. The van der Waals surface area contributed by atoms with Gasteiger partial charge < -0.3 is 20.1 Å². The second kappa shape index (κ2) is 63.6. The number of phosphoric acid groups is 1. The molecule has 0 spiro atoms. The molecule has 0 aromatic carbocycles. The van der Waals surface area contributed by atoms with Crippen LogP contribution in [0.3, 0.4) is 0 Å². The van der Waals surface area contributed by atoms with Crippen molar-refractivity contribution in [1.29, 1.82) is 0 Å². The molecular weight excluding hydrogens is 1000 g/mol. The van der Waals surface area contributed by atoms with Crippen molar-refractivity contribution < 1.29 is 37.6 Å². The Bertz CT molecular complexity index is 1710. The molecule has 0 rings (SSSR count). The van der Waals surface area contributed by atoms with Gasteiger partial charge in [0.05, 0.1) is 13.2 Å². The molecule has 0 aliphatic carbocycles. The Balaban J connectivity index is 3.98. The van der Waals surface area contributed by atoms with Crippen molar-refractivity contribution in [3.8, 4) is 0 Å². The molecule has 0 bridgehead atoms. The van der Waals surface area contributed by atoms with Gasteiger partial charge in [0, 0.05) is 19.4 Å². The number of unbranched alkanes of at least 4 members (excludes halogenated alkanes) is 26. The average Bonchev–Trinajstić information content (AvgIpc) is 3.44. The zero-order chi connectivity index (χ0) is 57.3. The molecule has 0 aromatic rings. The second-order valence-corrected chi connectivity index (χ2v) is 22.3. The van der Waals surface area contributed by atoms with E-state index in [0.717, 1.165) is 116 Å². The van der Waals surface area contributed by atoms with E-state index in [1.807, 2.05) is 0 Å². The molecule has 0 aliphatic heterocycles. The lowest BCUT2D eigenvalue weighted by molar-refractivity contribution is -0.161. The molecule has 0 aliphatic rings. The summed E-state index contributed by atoms with van der Waals surface area (Å²) in [6.07, 6.45) is 88.3. The van der Waals surface area contributed by atoms with Gasteiger partial charge >= 0.3 is 19.8 Å². The minimum atomic E-state index is -4.40. The van der Waals surface area contributed by atoms with E-state index in [2.05, 4.69) is 135 Å². The van der Waals surface area contributed by atoms with E-state index in [4.69, 9.17) is 24.3 Å². The minimum Gasteiger partial charge on any atom is -0.462 e. The number of phosphoric ester groups is 1. The van der Waals surface area contributed by atoms with Crippen LogP contribution in [-0.4, -0.2) is 49.3 Å². The van der Waals surface area contributed by atoms with E-state index in [1.165, 1.54) is 122 Å². The van der Waals surface area contributed by atoms with Crippen LogP contribution in [0.5, 0.6) is 0 Å². The van der Waals surface area contributed by atoms with Gasteiger partial charge in [0.25, 0.3) is 0 Å². The molecule has 0 fully saturated rings. The fourth-order valence-electron chi connectivity index (χ4n) is 8.62. The number of carbonyl (C=O) groups is 2. The largest absolute Gasteiger partial charge is 0.472 e. The molecule has 9 nitrogen and oxygen atoms in total. The van der Waals surface area contributed by atoms with Gasteiger partial charge in [-0.15, -0.1) is 0 Å². The van der Waals surface area contributed by atoms with Crippen LogP contribution in [0.1, 0.15) is 271 Å². The van der Waals surface area contributed by atoms with E-state index in [-0.39, 0.29) is 38.6 Å². The molecular formula is C69H118NO8P. The molecule has 2 atom stereocenters. The van der Waals surface area contributed by atoms with Gasteiger partial charge in [0.1, 0.15) is 6.61 Å². The van der Waals surface area contributed by atoms with Crippen LogP contribution in [-0.2, 0) is 32.7 Å². The number of rotatable bonds is 59. The quantitative estimate of drug-likeness (QED) is 0.0264. The van der Waals surface area contributed by atoms with E-state index in [1.54, 1.807) is 0 Å². The number of esters is 2. The average molecular weight is 1120 g/mol. The molecule has 0 amide bonds. The van der Waals surface area contributed by atoms with Gasteiger partial charge in [-0.2, -0.15) is 0 Å². The molecule has 0 aromatic heterocycles. The van der Waals surface area contributed by atoms with Gasteiger partial charge in [-0.3, -0.25) is 18.6 Å².